The number of benzene rings is 1. The van der Waals surface area contributed by atoms with E-state index in [1.165, 1.54) is 12.1 Å². The summed E-state index contributed by atoms with van der Waals surface area (Å²) in [6.45, 7) is 3.39. The lowest BCUT2D eigenvalue weighted by Crippen LogP contribution is -2.56. The summed E-state index contributed by atoms with van der Waals surface area (Å²) in [4.78, 5) is 12.2. The van der Waals surface area contributed by atoms with Crippen LogP contribution in [0.15, 0.2) is 35.2 Å². The molecule has 1 aromatic carbocycles. The highest BCUT2D eigenvalue weighted by Crippen LogP contribution is 2.06. The number of hydrogen-bond acceptors (Lipinski definition) is 5. The van der Waals surface area contributed by atoms with E-state index in [0.29, 0.717) is 13.2 Å². The van der Waals surface area contributed by atoms with E-state index in [-0.39, 0.29) is 30.0 Å². The van der Waals surface area contributed by atoms with Crippen molar-refractivity contribution in [2.24, 2.45) is 0 Å². The van der Waals surface area contributed by atoms with Crippen LogP contribution < -0.4 is 15.4 Å². The first-order valence-electron chi connectivity index (χ1n) is 7.18. The highest BCUT2D eigenvalue weighted by molar-refractivity contribution is 7.89. The van der Waals surface area contributed by atoms with Gasteiger partial charge in [-0.1, -0.05) is 18.2 Å². The Hall–Kier alpha value is -1.48. The van der Waals surface area contributed by atoms with Crippen molar-refractivity contribution in [1.29, 1.82) is 0 Å². The van der Waals surface area contributed by atoms with E-state index in [9.17, 15) is 13.2 Å². The maximum Gasteiger partial charge on any atom is 0.240 e. The van der Waals surface area contributed by atoms with E-state index in [4.69, 9.17) is 4.74 Å². The molecule has 0 bridgehead atoms. The molecule has 1 aromatic rings. The number of nitrogens with one attached hydrogen (secondary N) is 3. The van der Waals surface area contributed by atoms with Crippen molar-refractivity contribution >= 4 is 15.9 Å². The van der Waals surface area contributed by atoms with Gasteiger partial charge in [0.2, 0.25) is 15.9 Å². The zero-order valence-corrected chi connectivity index (χ0v) is 13.2. The molecule has 22 heavy (non-hydrogen) atoms. The van der Waals surface area contributed by atoms with Crippen LogP contribution in [0.2, 0.25) is 0 Å². The molecule has 1 saturated heterocycles. The molecule has 1 aliphatic rings. The summed E-state index contributed by atoms with van der Waals surface area (Å²) in [5.74, 6) is -0.189. The third-order valence-corrected chi connectivity index (χ3v) is 4.85. The molecule has 0 aromatic heterocycles. The number of ether oxygens (including phenoxy) is 1. The predicted molar refractivity (Wildman–Crippen MR) is 81.8 cm³/mol. The lowest BCUT2D eigenvalue weighted by molar-refractivity contribution is -0.128. The lowest BCUT2D eigenvalue weighted by atomic mass is 10.1. The van der Waals surface area contributed by atoms with Gasteiger partial charge in [-0.25, -0.2) is 13.1 Å². The summed E-state index contributed by atoms with van der Waals surface area (Å²) in [7, 11) is -3.54. The average Bonchev–Trinajstić information content (AvgIpc) is 2.53. The van der Waals surface area contributed by atoms with Gasteiger partial charge < -0.3 is 15.4 Å². The molecule has 2 atom stereocenters. The number of hydrogen-bond donors (Lipinski definition) is 3. The number of carbonyl (C=O) groups excluding carboxylic acids is 1. The van der Waals surface area contributed by atoms with Crippen LogP contribution >= 0.6 is 0 Å². The summed E-state index contributed by atoms with van der Waals surface area (Å²) in [5.41, 5.74) is 0. The Balaban J connectivity index is 1.76. The van der Waals surface area contributed by atoms with Crippen molar-refractivity contribution in [3.05, 3.63) is 30.3 Å². The van der Waals surface area contributed by atoms with Crippen molar-refractivity contribution in [2.45, 2.75) is 24.0 Å². The van der Waals surface area contributed by atoms with Gasteiger partial charge >= 0.3 is 0 Å². The standard InChI is InChI=1S/C14H21N3O4S/c1-11-13(15-9-10-21-11)14(18)16-7-8-17-22(19,20)12-5-3-2-4-6-12/h2-6,11,13,15,17H,7-10H2,1H3,(H,16,18)/t11-,13+/m1/s1. The Labute approximate surface area is 130 Å². The van der Waals surface area contributed by atoms with Crippen LogP contribution in [0.4, 0.5) is 0 Å². The fourth-order valence-corrected chi connectivity index (χ4v) is 3.24. The lowest BCUT2D eigenvalue weighted by Gasteiger charge is -2.29. The van der Waals surface area contributed by atoms with Crippen LogP contribution in [0.25, 0.3) is 0 Å². The summed E-state index contributed by atoms with van der Waals surface area (Å²) in [6, 6.07) is 7.70. The summed E-state index contributed by atoms with van der Waals surface area (Å²) in [5, 5.41) is 5.77. The molecule has 2 rings (SSSR count). The van der Waals surface area contributed by atoms with Crippen LogP contribution in [-0.2, 0) is 19.6 Å². The SMILES string of the molecule is C[C@H]1OCCN[C@@H]1C(=O)NCCNS(=O)(=O)c1ccccc1. The normalized spacial score (nSPS) is 22.2. The fraction of sp³-hybridized carbons (Fsp3) is 0.500. The summed E-state index contributed by atoms with van der Waals surface area (Å²) >= 11 is 0. The van der Waals surface area contributed by atoms with E-state index < -0.39 is 16.1 Å². The van der Waals surface area contributed by atoms with Gasteiger partial charge in [0.1, 0.15) is 6.04 Å². The molecule has 0 aliphatic carbocycles. The molecule has 0 radical (unpaired) electrons. The third-order valence-electron chi connectivity index (χ3n) is 3.37. The van der Waals surface area contributed by atoms with Crippen molar-refractivity contribution < 1.29 is 17.9 Å². The third kappa shape index (κ3) is 4.51. The first-order valence-corrected chi connectivity index (χ1v) is 8.66. The average molecular weight is 327 g/mol. The van der Waals surface area contributed by atoms with Gasteiger partial charge in [-0.15, -0.1) is 0 Å². The smallest absolute Gasteiger partial charge is 0.240 e. The Morgan fingerprint density at radius 2 is 2.05 bits per heavy atom. The first-order chi connectivity index (χ1) is 10.5. The molecular weight excluding hydrogens is 306 g/mol. The summed E-state index contributed by atoms with van der Waals surface area (Å²) in [6.07, 6.45) is -0.199. The van der Waals surface area contributed by atoms with Crippen molar-refractivity contribution in [3.63, 3.8) is 0 Å². The van der Waals surface area contributed by atoms with Crippen molar-refractivity contribution in [1.82, 2.24) is 15.4 Å². The van der Waals surface area contributed by atoms with Gasteiger partial charge in [0.25, 0.3) is 0 Å². The van der Waals surface area contributed by atoms with E-state index in [1.807, 2.05) is 6.92 Å². The first kappa shape index (κ1) is 16.9. The molecule has 3 N–H and O–H groups in total. The zero-order chi connectivity index (χ0) is 16.0. The quantitative estimate of drug-likeness (QED) is 0.610. The van der Waals surface area contributed by atoms with Gasteiger partial charge in [0.05, 0.1) is 17.6 Å². The molecule has 0 unspecified atom stereocenters. The number of rotatable bonds is 6. The minimum absolute atomic E-state index is 0.130. The predicted octanol–water partition coefficient (Wildman–Crippen LogP) is -0.542. The Morgan fingerprint density at radius 3 is 2.73 bits per heavy atom. The maximum atomic E-state index is 12.0. The highest BCUT2D eigenvalue weighted by atomic mass is 32.2. The summed E-state index contributed by atoms with van der Waals surface area (Å²) < 4.78 is 31.8. The minimum Gasteiger partial charge on any atom is -0.375 e. The zero-order valence-electron chi connectivity index (χ0n) is 12.4. The highest BCUT2D eigenvalue weighted by Gasteiger charge is 2.27. The van der Waals surface area contributed by atoms with E-state index in [0.717, 1.165) is 0 Å². The van der Waals surface area contributed by atoms with E-state index in [2.05, 4.69) is 15.4 Å². The molecule has 0 spiro atoms. The Kier molecular flexibility index (Phi) is 5.90. The molecule has 7 nitrogen and oxygen atoms in total. The minimum atomic E-state index is -3.54. The number of morpholine rings is 1. The molecule has 1 heterocycles. The van der Waals surface area contributed by atoms with Gasteiger partial charge in [-0.3, -0.25) is 4.79 Å². The molecule has 1 aliphatic heterocycles. The molecule has 122 valence electrons. The fourth-order valence-electron chi connectivity index (χ4n) is 2.19. The van der Waals surface area contributed by atoms with Gasteiger partial charge in [-0.05, 0) is 19.1 Å². The Morgan fingerprint density at radius 1 is 1.32 bits per heavy atom. The molecule has 1 amide bonds. The van der Waals surface area contributed by atoms with Crippen LogP contribution in [0.5, 0.6) is 0 Å². The van der Waals surface area contributed by atoms with Gasteiger partial charge in [-0.2, -0.15) is 0 Å². The number of sulfonamides is 1. The molecular formula is C14H21N3O4S. The van der Waals surface area contributed by atoms with Crippen molar-refractivity contribution in [2.75, 3.05) is 26.2 Å². The van der Waals surface area contributed by atoms with Crippen LogP contribution in [0, 0.1) is 0 Å². The monoisotopic (exact) mass is 327 g/mol. The number of carbonyl (C=O) groups is 1. The van der Waals surface area contributed by atoms with Crippen LogP contribution in [-0.4, -0.2) is 52.7 Å². The molecule has 8 heteroatoms. The topological polar surface area (TPSA) is 96.5 Å². The second kappa shape index (κ2) is 7.68. The van der Waals surface area contributed by atoms with E-state index in [1.54, 1.807) is 18.2 Å². The van der Waals surface area contributed by atoms with Crippen LogP contribution in [0.3, 0.4) is 0 Å². The van der Waals surface area contributed by atoms with Crippen molar-refractivity contribution in [3.8, 4) is 0 Å². The largest absolute Gasteiger partial charge is 0.375 e. The maximum absolute atomic E-state index is 12.0. The van der Waals surface area contributed by atoms with Crippen LogP contribution in [0.1, 0.15) is 6.92 Å². The van der Waals surface area contributed by atoms with E-state index >= 15 is 0 Å². The number of amides is 1. The second-order valence-corrected chi connectivity index (χ2v) is 6.78. The molecule has 1 fully saturated rings. The Bertz CT molecular complexity index is 591. The van der Waals surface area contributed by atoms with Gasteiger partial charge in [0.15, 0.2) is 0 Å². The van der Waals surface area contributed by atoms with Gasteiger partial charge in [0, 0.05) is 19.6 Å². The second-order valence-electron chi connectivity index (χ2n) is 5.01. The molecule has 0 saturated carbocycles.